The van der Waals surface area contributed by atoms with Crippen molar-refractivity contribution in [3.05, 3.63) is 41.2 Å². The van der Waals surface area contributed by atoms with Gasteiger partial charge in [-0.1, -0.05) is 36.4 Å². The van der Waals surface area contributed by atoms with E-state index in [1.807, 2.05) is 0 Å². The summed E-state index contributed by atoms with van der Waals surface area (Å²) in [6.45, 7) is 3.61. The van der Waals surface area contributed by atoms with E-state index >= 15 is 0 Å². The standard InChI is InChI=1S/C11H15N5/c1-2-9-3-5-10(6-4-9)7-12-8-11-13-15-16-14-11/h3-6,12H,2,7-8H2,1H3,(H,13,14,15,16). The maximum absolute atomic E-state index is 3.87. The van der Waals surface area contributed by atoms with Gasteiger partial charge >= 0.3 is 0 Å². The van der Waals surface area contributed by atoms with Crippen molar-refractivity contribution in [1.82, 2.24) is 25.9 Å². The zero-order valence-corrected chi connectivity index (χ0v) is 9.27. The fourth-order valence-corrected chi connectivity index (χ4v) is 1.47. The Bertz CT molecular complexity index is 406. The molecule has 0 amide bonds. The number of rotatable bonds is 5. The molecular formula is C11H15N5. The molecule has 0 aliphatic heterocycles. The topological polar surface area (TPSA) is 66.5 Å². The molecule has 0 saturated carbocycles. The fourth-order valence-electron chi connectivity index (χ4n) is 1.47. The van der Waals surface area contributed by atoms with Gasteiger partial charge in [0, 0.05) is 6.54 Å². The molecule has 5 nitrogen and oxygen atoms in total. The zero-order chi connectivity index (χ0) is 11.2. The molecular weight excluding hydrogens is 202 g/mol. The quantitative estimate of drug-likeness (QED) is 0.785. The second kappa shape index (κ2) is 5.37. The van der Waals surface area contributed by atoms with Crippen LogP contribution in [0.1, 0.15) is 23.9 Å². The third-order valence-electron chi connectivity index (χ3n) is 2.43. The number of hydrogen-bond donors (Lipinski definition) is 2. The first-order chi connectivity index (χ1) is 7.88. The first kappa shape index (κ1) is 10.8. The van der Waals surface area contributed by atoms with Gasteiger partial charge in [-0.3, -0.25) is 0 Å². The third kappa shape index (κ3) is 2.87. The average molecular weight is 217 g/mol. The number of aryl methyl sites for hydroxylation is 1. The van der Waals surface area contributed by atoms with Crippen molar-refractivity contribution in [2.75, 3.05) is 0 Å². The Labute approximate surface area is 94.3 Å². The predicted molar refractivity (Wildman–Crippen MR) is 60.5 cm³/mol. The van der Waals surface area contributed by atoms with E-state index in [1.165, 1.54) is 11.1 Å². The Kier molecular flexibility index (Phi) is 3.61. The monoisotopic (exact) mass is 217 g/mol. The normalized spacial score (nSPS) is 10.6. The summed E-state index contributed by atoms with van der Waals surface area (Å²) in [4.78, 5) is 0. The second-order valence-corrected chi connectivity index (χ2v) is 3.60. The van der Waals surface area contributed by atoms with Crippen molar-refractivity contribution >= 4 is 0 Å². The van der Waals surface area contributed by atoms with Gasteiger partial charge in [-0.25, -0.2) is 0 Å². The number of tetrazole rings is 1. The van der Waals surface area contributed by atoms with Crippen LogP contribution in [0.2, 0.25) is 0 Å². The lowest BCUT2D eigenvalue weighted by Crippen LogP contribution is -2.13. The molecule has 0 spiro atoms. The molecule has 1 aromatic carbocycles. The maximum atomic E-state index is 3.87. The van der Waals surface area contributed by atoms with Crippen LogP contribution in [0.5, 0.6) is 0 Å². The highest BCUT2D eigenvalue weighted by Gasteiger charge is 1.97. The largest absolute Gasteiger partial charge is 0.306 e. The number of nitrogens with zero attached hydrogens (tertiary/aromatic N) is 3. The Hall–Kier alpha value is -1.75. The molecule has 0 aliphatic rings. The molecule has 84 valence electrons. The number of H-pyrrole nitrogens is 1. The molecule has 16 heavy (non-hydrogen) atoms. The van der Waals surface area contributed by atoms with Crippen molar-refractivity contribution in [3.63, 3.8) is 0 Å². The van der Waals surface area contributed by atoms with Crippen LogP contribution in [0.3, 0.4) is 0 Å². The lowest BCUT2D eigenvalue weighted by molar-refractivity contribution is 0.663. The van der Waals surface area contributed by atoms with Gasteiger partial charge < -0.3 is 5.32 Å². The molecule has 1 aromatic heterocycles. The van der Waals surface area contributed by atoms with Gasteiger partial charge in [0.1, 0.15) is 0 Å². The van der Waals surface area contributed by atoms with Crippen molar-refractivity contribution in [2.45, 2.75) is 26.4 Å². The highest BCUT2D eigenvalue weighted by Crippen LogP contribution is 2.04. The van der Waals surface area contributed by atoms with Crippen LogP contribution in [0, 0.1) is 0 Å². The van der Waals surface area contributed by atoms with E-state index < -0.39 is 0 Å². The van der Waals surface area contributed by atoms with E-state index in [2.05, 4.69) is 57.1 Å². The minimum absolute atomic E-state index is 0.631. The summed E-state index contributed by atoms with van der Waals surface area (Å²) in [5, 5.41) is 16.9. The summed E-state index contributed by atoms with van der Waals surface area (Å²) in [5.74, 6) is 0.685. The molecule has 0 unspecified atom stereocenters. The molecule has 1 heterocycles. The van der Waals surface area contributed by atoms with Gasteiger partial charge in [0.25, 0.3) is 0 Å². The van der Waals surface area contributed by atoms with E-state index in [-0.39, 0.29) is 0 Å². The van der Waals surface area contributed by atoms with Crippen molar-refractivity contribution in [1.29, 1.82) is 0 Å². The second-order valence-electron chi connectivity index (χ2n) is 3.60. The number of benzene rings is 1. The molecule has 5 heteroatoms. The first-order valence-corrected chi connectivity index (χ1v) is 5.39. The summed E-state index contributed by atoms with van der Waals surface area (Å²) in [5.41, 5.74) is 2.63. The number of hydrogen-bond acceptors (Lipinski definition) is 4. The lowest BCUT2D eigenvalue weighted by Gasteiger charge is -2.03. The molecule has 0 atom stereocenters. The first-order valence-electron chi connectivity index (χ1n) is 5.39. The van der Waals surface area contributed by atoms with Crippen LogP contribution in [-0.2, 0) is 19.5 Å². The van der Waals surface area contributed by atoms with E-state index in [9.17, 15) is 0 Å². The van der Waals surface area contributed by atoms with E-state index in [0.29, 0.717) is 12.4 Å². The van der Waals surface area contributed by atoms with Gasteiger partial charge in [-0.05, 0) is 17.5 Å². The summed E-state index contributed by atoms with van der Waals surface area (Å²) in [7, 11) is 0. The van der Waals surface area contributed by atoms with Crippen LogP contribution in [-0.4, -0.2) is 20.6 Å². The minimum Gasteiger partial charge on any atom is -0.306 e. The van der Waals surface area contributed by atoms with Gasteiger partial charge in [0.05, 0.1) is 6.54 Å². The Morgan fingerprint density at radius 1 is 1.12 bits per heavy atom. The average Bonchev–Trinajstić information content (AvgIpc) is 2.83. The minimum atomic E-state index is 0.631. The Morgan fingerprint density at radius 2 is 1.88 bits per heavy atom. The third-order valence-corrected chi connectivity index (χ3v) is 2.43. The van der Waals surface area contributed by atoms with Gasteiger partial charge in [0.15, 0.2) is 5.82 Å². The van der Waals surface area contributed by atoms with E-state index in [1.54, 1.807) is 0 Å². The number of nitrogens with one attached hydrogen (secondary N) is 2. The van der Waals surface area contributed by atoms with Gasteiger partial charge in [-0.2, -0.15) is 5.21 Å². The van der Waals surface area contributed by atoms with Crippen molar-refractivity contribution in [3.8, 4) is 0 Å². The predicted octanol–water partition coefficient (Wildman–Crippen LogP) is 1.05. The van der Waals surface area contributed by atoms with Crippen LogP contribution in [0.25, 0.3) is 0 Å². The highest BCUT2D eigenvalue weighted by atomic mass is 15.5. The molecule has 0 saturated heterocycles. The highest BCUT2D eigenvalue weighted by molar-refractivity contribution is 5.22. The summed E-state index contributed by atoms with van der Waals surface area (Å²) in [6.07, 6.45) is 1.08. The summed E-state index contributed by atoms with van der Waals surface area (Å²) < 4.78 is 0. The SMILES string of the molecule is CCc1ccc(CNCc2nn[nH]n2)cc1. The van der Waals surface area contributed by atoms with Crippen LogP contribution in [0.15, 0.2) is 24.3 Å². The smallest absolute Gasteiger partial charge is 0.188 e. The molecule has 2 aromatic rings. The van der Waals surface area contributed by atoms with Crippen LogP contribution < -0.4 is 5.32 Å². The number of aromatic amines is 1. The fraction of sp³-hybridized carbons (Fsp3) is 0.364. The van der Waals surface area contributed by atoms with Gasteiger partial charge in [-0.15, -0.1) is 10.2 Å². The molecule has 0 radical (unpaired) electrons. The lowest BCUT2D eigenvalue weighted by atomic mass is 10.1. The van der Waals surface area contributed by atoms with E-state index in [4.69, 9.17) is 0 Å². The summed E-state index contributed by atoms with van der Waals surface area (Å²) in [6, 6.07) is 8.60. The van der Waals surface area contributed by atoms with Gasteiger partial charge in [0.2, 0.25) is 0 Å². The summed E-state index contributed by atoms with van der Waals surface area (Å²) >= 11 is 0. The molecule has 0 fully saturated rings. The van der Waals surface area contributed by atoms with Crippen molar-refractivity contribution in [2.24, 2.45) is 0 Å². The maximum Gasteiger partial charge on any atom is 0.188 e. The Balaban J connectivity index is 1.81. The Morgan fingerprint density at radius 3 is 2.50 bits per heavy atom. The zero-order valence-electron chi connectivity index (χ0n) is 9.27. The molecule has 0 aliphatic carbocycles. The molecule has 2 rings (SSSR count). The molecule has 2 N–H and O–H groups in total. The number of aromatic nitrogens is 4. The van der Waals surface area contributed by atoms with Crippen LogP contribution >= 0.6 is 0 Å². The molecule has 0 bridgehead atoms. The van der Waals surface area contributed by atoms with Crippen molar-refractivity contribution < 1.29 is 0 Å². The van der Waals surface area contributed by atoms with E-state index in [0.717, 1.165) is 13.0 Å². The van der Waals surface area contributed by atoms with Crippen LogP contribution in [0.4, 0.5) is 0 Å².